The lowest BCUT2D eigenvalue weighted by Gasteiger charge is -2.28. The molecule has 2 heterocycles. The van der Waals surface area contributed by atoms with Crippen molar-refractivity contribution in [3.05, 3.63) is 69.3 Å². The number of methoxy groups -OCH3 is 3. The van der Waals surface area contributed by atoms with Crippen molar-refractivity contribution in [3.63, 3.8) is 0 Å². The number of aromatic nitrogens is 1. The number of nitriles is 1. The molecule has 3 N–H and O–H groups in total. The lowest BCUT2D eigenvalue weighted by atomic mass is 9.83. The van der Waals surface area contributed by atoms with Gasteiger partial charge in [0.2, 0.25) is 5.88 Å². The Morgan fingerprint density at radius 2 is 1.73 bits per heavy atom. The fraction of sp³-hybridized carbons (Fsp3) is 0.182. The van der Waals surface area contributed by atoms with E-state index in [1.54, 1.807) is 18.2 Å². The Labute approximate surface area is 172 Å². The Morgan fingerprint density at radius 3 is 2.40 bits per heavy atom. The first kappa shape index (κ1) is 19.2. The highest BCUT2D eigenvalue weighted by Crippen LogP contribution is 2.47. The number of fused-ring (bicyclic) bond motifs is 3. The van der Waals surface area contributed by atoms with Crippen LogP contribution in [0.1, 0.15) is 17.0 Å². The number of para-hydroxylation sites is 1. The zero-order chi connectivity index (χ0) is 21.4. The highest BCUT2D eigenvalue weighted by Gasteiger charge is 2.36. The number of ether oxygens (including phenoxy) is 4. The van der Waals surface area contributed by atoms with Gasteiger partial charge in [-0.25, -0.2) is 0 Å². The summed E-state index contributed by atoms with van der Waals surface area (Å²) in [6.07, 6.45) is 0. The van der Waals surface area contributed by atoms with Crippen LogP contribution in [0.4, 0.5) is 0 Å². The number of allylic oxidation sites excluding steroid dienone is 1. The molecule has 0 bridgehead atoms. The van der Waals surface area contributed by atoms with Crippen LogP contribution in [-0.2, 0) is 0 Å². The van der Waals surface area contributed by atoms with Crippen LogP contribution in [0.2, 0.25) is 0 Å². The Morgan fingerprint density at radius 1 is 1.07 bits per heavy atom. The summed E-state index contributed by atoms with van der Waals surface area (Å²) in [7, 11) is 4.51. The van der Waals surface area contributed by atoms with Crippen molar-refractivity contribution in [2.45, 2.75) is 5.92 Å². The quantitative estimate of drug-likeness (QED) is 0.685. The average molecular weight is 405 g/mol. The summed E-state index contributed by atoms with van der Waals surface area (Å²) >= 11 is 0. The Kier molecular flexibility index (Phi) is 4.72. The van der Waals surface area contributed by atoms with Crippen molar-refractivity contribution in [2.75, 3.05) is 21.3 Å². The summed E-state index contributed by atoms with van der Waals surface area (Å²) in [6.45, 7) is 0. The van der Waals surface area contributed by atoms with Crippen LogP contribution in [0.25, 0.3) is 10.9 Å². The number of pyridine rings is 1. The minimum Gasteiger partial charge on any atom is -0.496 e. The molecule has 0 unspecified atom stereocenters. The molecule has 0 aliphatic carbocycles. The van der Waals surface area contributed by atoms with E-state index in [9.17, 15) is 10.1 Å². The lowest BCUT2D eigenvalue weighted by molar-refractivity contribution is 0.346. The van der Waals surface area contributed by atoms with Crippen LogP contribution in [0.5, 0.6) is 23.0 Å². The van der Waals surface area contributed by atoms with Crippen molar-refractivity contribution in [3.8, 4) is 29.1 Å². The Balaban J connectivity index is 2.10. The van der Waals surface area contributed by atoms with Gasteiger partial charge in [-0.1, -0.05) is 12.1 Å². The van der Waals surface area contributed by atoms with Gasteiger partial charge in [0.15, 0.2) is 11.5 Å². The summed E-state index contributed by atoms with van der Waals surface area (Å²) in [6, 6.07) is 12.6. The van der Waals surface area contributed by atoms with E-state index in [4.69, 9.17) is 24.7 Å². The number of benzene rings is 2. The number of nitrogens with one attached hydrogen (secondary N) is 1. The second-order valence-electron chi connectivity index (χ2n) is 6.62. The molecule has 8 heteroatoms. The Hall–Kier alpha value is -4.12. The van der Waals surface area contributed by atoms with E-state index >= 15 is 0 Å². The molecule has 2 aromatic carbocycles. The molecule has 1 atom stereocenters. The van der Waals surface area contributed by atoms with Gasteiger partial charge in [-0.05, 0) is 18.2 Å². The highest BCUT2D eigenvalue weighted by atomic mass is 16.5. The third-order valence-electron chi connectivity index (χ3n) is 5.13. The van der Waals surface area contributed by atoms with Crippen LogP contribution in [0, 0.1) is 11.3 Å². The average Bonchev–Trinajstić information content (AvgIpc) is 2.77. The molecule has 3 aromatic rings. The van der Waals surface area contributed by atoms with Crippen LogP contribution in [0.15, 0.2) is 52.6 Å². The van der Waals surface area contributed by atoms with Gasteiger partial charge in [-0.2, -0.15) is 5.26 Å². The normalized spacial score (nSPS) is 15.2. The van der Waals surface area contributed by atoms with Crippen molar-refractivity contribution in [2.24, 2.45) is 5.73 Å². The topological polar surface area (TPSA) is 120 Å². The van der Waals surface area contributed by atoms with Gasteiger partial charge in [0.25, 0.3) is 5.56 Å². The first-order chi connectivity index (χ1) is 14.5. The molecule has 0 saturated heterocycles. The number of nitrogens with two attached hydrogens (primary N) is 1. The third-order valence-corrected chi connectivity index (χ3v) is 5.13. The second-order valence-corrected chi connectivity index (χ2v) is 6.62. The molecule has 0 fully saturated rings. The van der Waals surface area contributed by atoms with Crippen LogP contribution >= 0.6 is 0 Å². The maximum Gasteiger partial charge on any atom is 0.256 e. The van der Waals surface area contributed by atoms with Gasteiger partial charge in [0, 0.05) is 17.0 Å². The van der Waals surface area contributed by atoms with E-state index in [0.29, 0.717) is 39.5 Å². The predicted molar refractivity (Wildman–Crippen MR) is 110 cm³/mol. The summed E-state index contributed by atoms with van der Waals surface area (Å²) in [5.41, 5.74) is 7.24. The SMILES string of the molecule is COc1cc(OC)c([C@H]2C(C#N)=C(N)Oc3c2c(=O)[nH]c2ccccc32)cc1OC. The van der Waals surface area contributed by atoms with Crippen molar-refractivity contribution < 1.29 is 18.9 Å². The third kappa shape index (κ3) is 2.79. The fourth-order valence-electron chi connectivity index (χ4n) is 3.76. The van der Waals surface area contributed by atoms with Gasteiger partial charge in [-0.3, -0.25) is 4.79 Å². The van der Waals surface area contributed by atoms with E-state index in [0.717, 1.165) is 0 Å². The van der Waals surface area contributed by atoms with E-state index in [2.05, 4.69) is 11.1 Å². The molecule has 0 amide bonds. The largest absolute Gasteiger partial charge is 0.496 e. The monoisotopic (exact) mass is 405 g/mol. The molecule has 0 radical (unpaired) electrons. The van der Waals surface area contributed by atoms with E-state index in [1.165, 1.54) is 21.3 Å². The van der Waals surface area contributed by atoms with Gasteiger partial charge < -0.3 is 29.7 Å². The van der Waals surface area contributed by atoms with Crippen LogP contribution in [-0.4, -0.2) is 26.3 Å². The number of aromatic amines is 1. The summed E-state index contributed by atoms with van der Waals surface area (Å²) < 4.78 is 22.1. The first-order valence-electron chi connectivity index (χ1n) is 9.06. The van der Waals surface area contributed by atoms with Gasteiger partial charge in [0.1, 0.15) is 23.1 Å². The molecular weight excluding hydrogens is 386 g/mol. The second kappa shape index (κ2) is 7.37. The lowest BCUT2D eigenvalue weighted by Crippen LogP contribution is -2.28. The highest BCUT2D eigenvalue weighted by molar-refractivity contribution is 5.87. The molecule has 4 rings (SSSR count). The minimum atomic E-state index is -0.818. The summed E-state index contributed by atoms with van der Waals surface area (Å²) in [5, 5.41) is 10.5. The number of nitrogens with zero attached hydrogens (tertiary/aromatic N) is 1. The number of hydrogen-bond donors (Lipinski definition) is 2. The van der Waals surface area contributed by atoms with Crippen LogP contribution in [0.3, 0.4) is 0 Å². The number of H-pyrrole nitrogens is 1. The zero-order valence-electron chi connectivity index (χ0n) is 16.6. The molecule has 1 aliphatic rings. The van der Waals surface area contributed by atoms with E-state index in [-0.39, 0.29) is 22.6 Å². The van der Waals surface area contributed by atoms with Crippen molar-refractivity contribution in [1.29, 1.82) is 5.26 Å². The molecule has 1 aromatic heterocycles. The zero-order valence-corrected chi connectivity index (χ0v) is 16.6. The van der Waals surface area contributed by atoms with Crippen LogP contribution < -0.4 is 30.2 Å². The maximum absolute atomic E-state index is 13.1. The standard InChI is InChI=1S/C22H19N3O5/c1-27-15-9-17(29-3)16(28-2)8-12(15)18-13(10-23)21(24)30-20-11-6-4-5-7-14(11)25-22(26)19(18)20/h4-9,18H,24H2,1-3H3,(H,25,26)/t18-/m0/s1. The van der Waals surface area contributed by atoms with Gasteiger partial charge >= 0.3 is 0 Å². The summed E-state index contributed by atoms with van der Waals surface area (Å²) in [5.74, 6) is 0.721. The Bertz CT molecular complexity index is 1290. The van der Waals surface area contributed by atoms with Gasteiger partial charge in [0.05, 0.1) is 38.3 Å². The minimum absolute atomic E-state index is 0.0670. The first-order valence-corrected chi connectivity index (χ1v) is 9.06. The van der Waals surface area contributed by atoms with Gasteiger partial charge in [-0.15, -0.1) is 0 Å². The summed E-state index contributed by atoms with van der Waals surface area (Å²) in [4.78, 5) is 16.0. The predicted octanol–water partition coefficient (Wildman–Crippen LogP) is 2.77. The molecular formula is C22H19N3O5. The molecule has 1 aliphatic heterocycles. The number of hydrogen-bond acceptors (Lipinski definition) is 7. The van der Waals surface area contributed by atoms with Crippen molar-refractivity contribution in [1.82, 2.24) is 4.98 Å². The molecule has 8 nitrogen and oxygen atoms in total. The van der Waals surface area contributed by atoms with E-state index in [1.807, 2.05) is 18.2 Å². The van der Waals surface area contributed by atoms with E-state index < -0.39 is 5.92 Å². The molecule has 30 heavy (non-hydrogen) atoms. The van der Waals surface area contributed by atoms with Crippen molar-refractivity contribution >= 4 is 10.9 Å². The molecule has 0 spiro atoms. The maximum atomic E-state index is 13.1. The fourth-order valence-corrected chi connectivity index (χ4v) is 3.76. The number of rotatable bonds is 4. The smallest absolute Gasteiger partial charge is 0.256 e. The molecule has 152 valence electrons. The molecule has 0 saturated carbocycles.